The molecule has 70 valence electrons. The highest BCUT2D eigenvalue weighted by Crippen LogP contribution is 2.34. The fourth-order valence-corrected chi connectivity index (χ4v) is 1.55. The first kappa shape index (κ1) is 9.52. The maximum absolute atomic E-state index is 10.2. The van der Waals surface area contributed by atoms with Crippen LogP contribution in [0.25, 0.3) is 0 Å². The first-order valence-corrected chi connectivity index (χ1v) is 4.69. The Morgan fingerprint density at radius 1 is 1.67 bits per heavy atom. The minimum Gasteiger partial charge on any atom is -0.481 e. The summed E-state index contributed by atoms with van der Waals surface area (Å²) >= 11 is 0. The molecule has 0 amide bonds. The van der Waals surface area contributed by atoms with Crippen molar-refractivity contribution in [1.29, 1.82) is 0 Å². The van der Waals surface area contributed by atoms with E-state index >= 15 is 0 Å². The Kier molecular flexibility index (Phi) is 3.53. The van der Waals surface area contributed by atoms with Gasteiger partial charge in [-0.3, -0.25) is 4.79 Å². The summed E-state index contributed by atoms with van der Waals surface area (Å²) < 4.78 is 0. The summed E-state index contributed by atoms with van der Waals surface area (Å²) in [5.41, 5.74) is 0. The normalized spacial score (nSPS) is 27.1. The molecule has 1 rings (SSSR count). The van der Waals surface area contributed by atoms with Crippen molar-refractivity contribution in [2.45, 2.75) is 38.6 Å². The standard InChI is InChI=1S/C9H17NO2/c1-2-3-7-6-8(7)10-5-4-9(11)12/h7-8,10H,2-6H2,1H3,(H,11,12). The zero-order valence-electron chi connectivity index (χ0n) is 7.55. The lowest BCUT2D eigenvalue weighted by molar-refractivity contribution is -0.136. The largest absolute Gasteiger partial charge is 0.481 e. The van der Waals surface area contributed by atoms with Crippen LogP contribution in [0.5, 0.6) is 0 Å². The predicted molar refractivity (Wildman–Crippen MR) is 47.1 cm³/mol. The Hall–Kier alpha value is -0.570. The van der Waals surface area contributed by atoms with E-state index < -0.39 is 5.97 Å². The molecule has 2 unspecified atom stereocenters. The molecule has 2 atom stereocenters. The van der Waals surface area contributed by atoms with Gasteiger partial charge in [-0.05, 0) is 18.8 Å². The number of rotatable bonds is 6. The van der Waals surface area contributed by atoms with Crippen molar-refractivity contribution in [3.63, 3.8) is 0 Å². The van der Waals surface area contributed by atoms with E-state index in [1.807, 2.05) is 0 Å². The molecule has 0 aromatic heterocycles. The Bertz CT molecular complexity index is 159. The van der Waals surface area contributed by atoms with Crippen molar-refractivity contribution in [2.75, 3.05) is 6.54 Å². The molecule has 1 aliphatic rings. The number of hydrogen-bond donors (Lipinski definition) is 2. The average molecular weight is 171 g/mol. The van der Waals surface area contributed by atoms with Gasteiger partial charge in [0, 0.05) is 12.6 Å². The number of aliphatic carboxylic acids is 1. The van der Waals surface area contributed by atoms with Gasteiger partial charge in [-0.1, -0.05) is 13.3 Å². The summed E-state index contributed by atoms with van der Waals surface area (Å²) in [4.78, 5) is 10.2. The third-order valence-electron chi connectivity index (χ3n) is 2.33. The van der Waals surface area contributed by atoms with Gasteiger partial charge in [0.05, 0.1) is 6.42 Å². The topological polar surface area (TPSA) is 49.3 Å². The smallest absolute Gasteiger partial charge is 0.304 e. The predicted octanol–water partition coefficient (Wildman–Crippen LogP) is 1.24. The highest BCUT2D eigenvalue weighted by molar-refractivity contribution is 5.66. The van der Waals surface area contributed by atoms with E-state index in [0.717, 1.165) is 5.92 Å². The Labute approximate surface area is 73.2 Å². The van der Waals surface area contributed by atoms with Crippen LogP contribution in [0.15, 0.2) is 0 Å². The molecule has 0 radical (unpaired) electrons. The molecule has 0 spiro atoms. The molecule has 2 N–H and O–H groups in total. The Morgan fingerprint density at radius 3 is 3.00 bits per heavy atom. The van der Waals surface area contributed by atoms with E-state index in [0.29, 0.717) is 12.6 Å². The molecule has 0 bridgehead atoms. The van der Waals surface area contributed by atoms with Gasteiger partial charge in [-0.25, -0.2) is 0 Å². The third-order valence-corrected chi connectivity index (χ3v) is 2.33. The second-order valence-electron chi connectivity index (χ2n) is 3.49. The average Bonchev–Trinajstić information content (AvgIpc) is 2.68. The summed E-state index contributed by atoms with van der Waals surface area (Å²) in [5.74, 6) is 0.110. The maximum Gasteiger partial charge on any atom is 0.304 e. The van der Waals surface area contributed by atoms with Crippen LogP contribution in [0.3, 0.4) is 0 Å². The quantitative estimate of drug-likeness (QED) is 0.632. The number of carbonyl (C=O) groups is 1. The number of carboxylic acids is 1. The first-order valence-electron chi connectivity index (χ1n) is 4.69. The van der Waals surface area contributed by atoms with Crippen LogP contribution in [0.2, 0.25) is 0 Å². The molecular weight excluding hydrogens is 154 g/mol. The van der Waals surface area contributed by atoms with Crippen LogP contribution >= 0.6 is 0 Å². The van der Waals surface area contributed by atoms with Crippen molar-refractivity contribution in [1.82, 2.24) is 5.32 Å². The summed E-state index contributed by atoms with van der Waals surface area (Å²) in [5, 5.41) is 11.6. The van der Waals surface area contributed by atoms with Gasteiger partial charge >= 0.3 is 5.97 Å². The number of carboxylic acid groups (broad SMARTS) is 1. The van der Waals surface area contributed by atoms with Crippen molar-refractivity contribution in [3.05, 3.63) is 0 Å². The maximum atomic E-state index is 10.2. The van der Waals surface area contributed by atoms with Crippen LogP contribution in [0.1, 0.15) is 32.6 Å². The molecule has 3 heteroatoms. The first-order chi connectivity index (χ1) is 5.74. The van der Waals surface area contributed by atoms with Crippen molar-refractivity contribution in [2.24, 2.45) is 5.92 Å². The SMILES string of the molecule is CCCC1CC1NCCC(=O)O. The van der Waals surface area contributed by atoms with Crippen molar-refractivity contribution >= 4 is 5.97 Å². The molecule has 1 saturated carbocycles. The van der Waals surface area contributed by atoms with Gasteiger partial charge < -0.3 is 10.4 Å². The zero-order chi connectivity index (χ0) is 8.97. The van der Waals surface area contributed by atoms with Crippen molar-refractivity contribution in [3.8, 4) is 0 Å². The fourth-order valence-electron chi connectivity index (χ4n) is 1.55. The molecule has 0 heterocycles. The van der Waals surface area contributed by atoms with E-state index in [9.17, 15) is 4.79 Å². The molecule has 1 aliphatic carbocycles. The summed E-state index contributed by atoms with van der Waals surface area (Å²) in [6, 6.07) is 0.615. The summed E-state index contributed by atoms with van der Waals surface area (Å²) in [6.45, 7) is 2.81. The minimum atomic E-state index is -0.713. The van der Waals surface area contributed by atoms with E-state index in [4.69, 9.17) is 5.11 Å². The second-order valence-corrected chi connectivity index (χ2v) is 3.49. The molecule has 0 aromatic carbocycles. The van der Waals surface area contributed by atoms with Gasteiger partial charge in [-0.2, -0.15) is 0 Å². The van der Waals surface area contributed by atoms with E-state index in [1.54, 1.807) is 0 Å². The molecule has 1 fully saturated rings. The summed E-state index contributed by atoms with van der Waals surface area (Å²) in [6.07, 6.45) is 4.01. The minimum absolute atomic E-state index is 0.245. The Balaban J connectivity index is 1.93. The lowest BCUT2D eigenvalue weighted by Gasteiger charge is -2.00. The van der Waals surface area contributed by atoms with Crippen LogP contribution < -0.4 is 5.32 Å². The van der Waals surface area contributed by atoms with Crippen molar-refractivity contribution < 1.29 is 9.90 Å². The lowest BCUT2D eigenvalue weighted by atomic mass is 10.2. The number of nitrogens with one attached hydrogen (secondary N) is 1. The van der Waals surface area contributed by atoms with Gasteiger partial charge in [-0.15, -0.1) is 0 Å². The van der Waals surface area contributed by atoms with Crippen LogP contribution in [-0.4, -0.2) is 23.7 Å². The highest BCUT2D eigenvalue weighted by Gasteiger charge is 2.35. The van der Waals surface area contributed by atoms with E-state index in [-0.39, 0.29) is 6.42 Å². The van der Waals surface area contributed by atoms with Crippen LogP contribution in [0.4, 0.5) is 0 Å². The lowest BCUT2D eigenvalue weighted by Crippen LogP contribution is -2.21. The highest BCUT2D eigenvalue weighted by atomic mass is 16.4. The molecule has 0 saturated heterocycles. The van der Waals surface area contributed by atoms with Gasteiger partial charge in [0.2, 0.25) is 0 Å². The third kappa shape index (κ3) is 3.22. The van der Waals surface area contributed by atoms with Gasteiger partial charge in [0.1, 0.15) is 0 Å². The molecule has 12 heavy (non-hydrogen) atoms. The summed E-state index contributed by atoms with van der Waals surface area (Å²) in [7, 11) is 0. The van der Waals surface area contributed by atoms with Crippen LogP contribution in [-0.2, 0) is 4.79 Å². The monoisotopic (exact) mass is 171 g/mol. The van der Waals surface area contributed by atoms with Gasteiger partial charge in [0.25, 0.3) is 0 Å². The van der Waals surface area contributed by atoms with Crippen LogP contribution in [0, 0.1) is 5.92 Å². The zero-order valence-corrected chi connectivity index (χ0v) is 7.55. The Morgan fingerprint density at radius 2 is 2.42 bits per heavy atom. The second kappa shape index (κ2) is 4.45. The van der Waals surface area contributed by atoms with E-state index in [1.165, 1.54) is 19.3 Å². The number of hydrogen-bond acceptors (Lipinski definition) is 2. The van der Waals surface area contributed by atoms with Gasteiger partial charge in [0.15, 0.2) is 0 Å². The molecule has 3 nitrogen and oxygen atoms in total. The van der Waals surface area contributed by atoms with E-state index in [2.05, 4.69) is 12.2 Å². The molecular formula is C9H17NO2. The molecule has 0 aliphatic heterocycles. The molecule has 0 aromatic rings. The fraction of sp³-hybridized carbons (Fsp3) is 0.889.